The van der Waals surface area contributed by atoms with Crippen molar-refractivity contribution in [3.63, 3.8) is 0 Å². The quantitative estimate of drug-likeness (QED) is 0.0237. The predicted octanol–water partition coefficient (Wildman–Crippen LogP) is 10.0. The molecule has 0 aromatic carbocycles. The number of carbonyl (C=O) groups excluding carboxylic acids is 2. The number of hydrogen-bond donors (Lipinski definition) is 1. The highest BCUT2D eigenvalue weighted by Crippen LogP contribution is 2.45. The van der Waals surface area contributed by atoms with Gasteiger partial charge in [0.15, 0.2) is 6.10 Å². The van der Waals surface area contributed by atoms with Crippen LogP contribution in [0.3, 0.4) is 0 Å². The molecule has 0 bridgehead atoms. The van der Waals surface area contributed by atoms with Crippen molar-refractivity contribution in [1.29, 1.82) is 0 Å². The summed E-state index contributed by atoms with van der Waals surface area (Å²) < 4.78 is 35.0. The third-order valence-electron chi connectivity index (χ3n) is 7.93. The Labute approximate surface area is 294 Å². The summed E-state index contributed by atoms with van der Waals surface area (Å²) in [5, 5.41) is 0. The summed E-state index contributed by atoms with van der Waals surface area (Å²) >= 11 is 0. The molecule has 9 nitrogen and oxygen atoms in total. The van der Waals surface area contributed by atoms with E-state index in [-0.39, 0.29) is 25.4 Å². The smallest absolute Gasteiger partial charge is 0.462 e. The topological polar surface area (TPSA) is 108 Å². The number of phosphoric acid groups is 1. The normalized spacial score (nSPS) is 14.7. The van der Waals surface area contributed by atoms with Crippen LogP contribution in [-0.4, -0.2) is 74.4 Å². The Morgan fingerprint density at radius 2 is 1.10 bits per heavy atom. The molecule has 0 aliphatic heterocycles. The Hall–Kier alpha value is -1.51. The number of phosphoric ester groups is 1. The van der Waals surface area contributed by atoms with E-state index in [0.29, 0.717) is 23.9 Å². The molecule has 48 heavy (non-hydrogen) atoms. The van der Waals surface area contributed by atoms with E-state index in [1.54, 1.807) is 0 Å². The van der Waals surface area contributed by atoms with Crippen molar-refractivity contribution in [3.05, 3.63) is 24.3 Å². The van der Waals surface area contributed by atoms with Crippen LogP contribution >= 0.6 is 7.82 Å². The molecule has 0 radical (unpaired) electrons. The number of rotatable bonds is 33. The van der Waals surface area contributed by atoms with Gasteiger partial charge >= 0.3 is 19.8 Å². The summed E-state index contributed by atoms with van der Waals surface area (Å²) in [5.74, 6) is -0.823. The van der Waals surface area contributed by atoms with Crippen LogP contribution in [0.2, 0.25) is 0 Å². The number of nitrogens with zero attached hydrogens (tertiary/aromatic N) is 1. The Kier molecular flexibility index (Phi) is 29.4. The highest BCUT2D eigenvalue weighted by Gasteiger charge is 2.31. The number of hydrogen-bond acceptors (Lipinski definition) is 7. The zero-order chi connectivity index (χ0) is 35.9. The zero-order valence-electron chi connectivity index (χ0n) is 31.6. The highest BCUT2D eigenvalue weighted by atomic mass is 31.2. The molecule has 0 saturated heterocycles. The first kappa shape index (κ1) is 46.5. The lowest BCUT2D eigenvalue weighted by Gasteiger charge is -2.29. The van der Waals surface area contributed by atoms with Crippen molar-refractivity contribution in [2.75, 3.05) is 40.9 Å². The largest absolute Gasteiger partial charge is 0.472 e. The SMILES string of the molecule is CCCCC=CCCCCCCCC(=O)OC[C@H](COP(=O)(O)OC(CC)C[N+](C)(C)C)OC(=O)CCCCCCCC=CCCCC. The summed E-state index contributed by atoms with van der Waals surface area (Å²) in [4.78, 5) is 35.5. The molecule has 0 fully saturated rings. The Morgan fingerprint density at radius 3 is 1.58 bits per heavy atom. The maximum Gasteiger partial charge on any atom is 0.472 e. The van der Waals surface area contributed by atoms with Gasteiger partial charge in [-0.2, -0.15) is 0 Å². The first-order valence-corrected chi connectivity index (χ1v) is 20.5. The molecule has 0 aromatic heterocycles. The molecule has 0 aromatic rings. The van der Waals surface area contributed by atoms with Crippen LogP contribution in [0.15, 0.2) is 24.3 Å². The van der Waals surface area contributed by atoms with E-state index in [1.807, 2.05) is 28.1 Å². The molecule has 0 heterocycles. The average molecular weight is 703 g/mol. The molecule has 2 unspecified atom stereocenters. The first-order valence-electron chi connectivity index (χ1n) is 19.0. The molecule has 0 spiro atoms. The van der Waals surface area contributed by atoms with Gasteiger partial charge in [0.1, 0.15) is 19.3 Å². The van der Waals surface area contributed by atoms with Gasteiger partial charge < -0.3 is 18.9 Å². The van der Waals surface area contributed by atoms with E-state index in [0.717, 1.165) is 83.5 Å². The molecule has 0 amide bonds. The highest BCUT2D eigenvalue weighted by molar-refractivity contribution is 7.47. The van der Waals surface area contributed by atoms with Gasteiger partial charge in [0.05, 0.1) is 27.7 Å². The minimum atomic E-state index is -4.44. The van der Waals surface area contributed by atoms with E-state index in [4.69, 9.17) is 18.5 Å². The third-order valence-corrected chi connectivity index (χ3v) is 8.97. The molecule has 10 heteroatoms. The summed E-state index contributed by atoms with van der Waals surface area (Å²) in [7, 11) is 1.48. The van der Waals surface area contributed by atoms with Gasteiger partial charge in [-0.15, -0.1) is 0 Å². The fourth-order valence-corrected chi connectivity index (χ4v) is 6.11. The predicted molar refractivity (Wildman–Crippen MR) is 197 cm³/mol. The zero-order valence-corrected chi connectivity index (χ0v) is 32.5. The van der Waals surface area contributed by atoms with Crippen LogP contribution in [-0.2, 0) is 32.7 Å². The third kappa shape index (κ3) is 31.7. The van der Waals surface area contributed by atoms with Crippen molar-refractivity contribution >= 4 is 19.8 Å². The van der Waals surface area contributed by atoms with Crippen LogP contribution in [0, 0.1) is 0 Å². The number of unbranched alkanes of at least 4 members (excludes halogenated alkanes) is 14. The Balaban J connectivity index is 4.69. The van der Waals surface area contributed by atoms with Crippen LogP contribution < -0.4 is 0 Å². The van der Waals surface area contributed by atoms with Gasteiger partial charge in [-0.3, -0.25) is 18.6 Å². The van der Waals surface area contributed by atoms with Crippen molar-refractivity contribution in [3.8, 4) is 0 Å². The molecule has 0 aliphatic rings. The van der Waals surface area contributed by atoms with Gasteiger partial charge in [-0.1, -0.05) is 109 Å². The van der Waals surface area contributed by atoms with Crippen molar-refractivity contribution in [2.24, 2.45) is 0 Å². The maximum absolute atomic E-state index is 12.8. The minimum Gasteiger partial charge on any atom is -0.462 e. The van der Waals surface area contributed by atoms with Gasteiger partial charge in [-0.05, 0) is 57.8 Å². The Morgan fingerprint density at radius 1 is 0.646 bits per heavy atom. The summed E-state index contributed by atoms with van der Waals surface area (Å²) in [6.07, 6.45) is 28.0. The molecule has 0 saturated carbocycles. The number of ether oxygens (including phenoxy) is 2. The minimum absolute atomic E-state index is 0.227. The van der Waals surface area contributed by atoms with Gasteiger partial charge in [-0.25, -0.2) is 4.57 Å². The first-order chi connectivity index (χ1) is 22.9. The lowest BCUT2D eigenvalue weighted by Crippen LogP contribution is -2.42. The number of esters is 2. The van der Waals surface area contributed by atoms with Gasteiger partial charge in [0.2, 0.25) is 0 Å². The summed E-state index contributed by atoms with van der Waals surface area (Å²) in [5.41, 5.74) is 0. The summed E-state index contributed by atoms with van der Waals surface area (Å²) in [6, 6.07) is 0. The monoisotopic (exact) mass is 703 g/mol. The number of quaternary nitrogens is 1. The molecule has 0 aliphatic carbocycles. The van der Waals surface area contributed by atoms with E-state index < -0.39 is 32.6 Å². The molecule has 3 atom stereocenters. The summed E-state index contributed by atoms with van der Waals surface area (Å²) in [6.45, 7) is 6.15. The Bertz CT molecular complexity index is 902. The molecule has 0 rings (SSSR count). The maximum atomic E-state index is 12.8. The van der Waals surface area contributed by atoms with Gasteiger partial charge in [0, 0.05) is 12.8 Å². The average Bonchev–Trinajstić information content (AvgIpc) is 3.02. The van der Waals surface area contributed by atoms with Crippen molar-refractivity contribution < 1.29 is 42.1 Å². The lowest BCUT2D eigenvalue weighted by atomic mass is 10.1. The van der Waals surface area contributed by atoms with Crippen LogP contribution in [0.25, 0.3) is 0 Å². The number of likely N-dealkylation sites (N-methyl/N-ethyl adjacent to an activating group) is 1. The van der Waals surface area contributed by atoms with Crippen LogP contribution in [0.4, 0.5) is 0 Å². The second-order valence-electron chi connectivity index (χ2n) is 14.0. The van der Waals surface area contributed by atoms with Crippen LogP contribution in [0.1, 0.15) is 156 Å². The fourth-order valence-electron chi connectivity index (χ4n) is 5.10. The van der Waals surface area contributed by atoms with Crippen molar-refractivity contribution in [1.82, 2.24) is 0 Å². The molecular weight excluding hydrogens is 629 g/mol. The second kappa shape index (κ2) is 30.3. The second-order valence-corrected chi connectivity index (χ2v) is 15.4. The van der Waals surface area contributed by atoms with E-state index in [1.165, 1.54) is 25.7 Å². The van der Waals surface area contributed by atoms with E-state index >= 15 is 0 Å². The van der Waals surface area contributed by atoms with Crippen molar-refractivity contribution in [2.45, 2.75) is 168 Å². The van der Waals surface area contributed by atoms with E-state index in [9.17, 15) is 19.0 Å². The molecule has 282 valence electrons. The fraction of sp³-hybridized carbons (Fsp3) is 0.842. The van der Waals surface area contributed by atoms with Gasteiger partial charge in [0.25, 0.3) is 0 Å². The lowest BCUT2D eigenvalue weighted by molar-refractivity contribution is -0.873. The molecule has 1 N–H and O–H groups in total. The number of allylic oxidation sites excluding steroid dienone is 4. The standard InChI is InChI=1S/C38H72NO8P/c1-7-10-12-14-16-18-20-22-24-26-28-30-37(40)44-33-36(34-45-48(42,43)47-35(9-3)32-39(4,5)6)46-38(41)31-29-27-25-23-21-19-17-15-13-11-8-2/h14-17,35-36H,7-13,18-34H2,1-6H3/p+1/t35?,36-/m1/s1. The van der Waals surface area contributed by atoms with E-state index in [2.05, 4.69) is 38.2 Å². The molecular formula is C38H73NO8P+. The van der Waals surface area contributed by atoms with Crippen LogP contribution in [0.5, 0.6) is 0 Å². The number of carbonyl (C=O) groups is 2.